The van der Waals surface area contributed by atoms with Gasteiger partial charge in [-0.05, 0) is 62.7 Å². The minimum Gasteiger partial charge on any atom is -0.495 e. The molecule has 6 nitrogen and oxygen atoms in total. The van der Waals surface area contributed by atoms with Gasteiger partial charge in [0.15, 0.2) is 0 Å². The number of carbonyl (C=O) groups is 2. The molecule has 1 N–H and O–H groups in total. The van der Waals surface area contributed by atoms with Crippen molar-refractivity contribution in [1.29, 1.82) is 0 Å². The van der Waals surface area contributed by atoms with E-state index in [-0.39, 0.29) is 30.9 Å². The van der Waals surface area contributed by atoms with Crippen LogP contribution in [-0.2, 0) is 9.59 Å². The van der Waals surface area contributed by atoms with Gasteiger partial charge in [-0.1, -0.05) is 6.07 Å². The predicted molar refractivity (Wildman–Crippen MR) is 111 cm³/mol. The molecule has 0 aliphatic carbocycles. The summed E-state index contributed by atoms with van der Waals surface area (Å²) in [5, 5.41) is 2.86. The van der Waals surface area contributed by atoms with Crippen LogP contribution in [0.4, 0.5) is 11.4 Å². The van der Waals surface area contributed by atoms with Crippen molar-refractivity contribution in [2.24, 2.45) is 0 Å². The Morgan fingerprint density at radius 3 is 2.36 bits per heavy atom. The van der Waals surface area contributed by atoms with E-state index in [0.717, 1.165) is 17.0 Å². The highest BCUT2D eigenvalue weighted by Gasteiger charge is 2.15. The van der Waals surface area contributed by atoms with Gasteiger partial charge in [0.25, 0.3) is 0 Å². The second kappa shape index (κ2) is 9.78. The van der Waals surface area contributed by atoms with E-state index in [4.69, 9.17) is 9.47 Å². The molecule has 0 spiro atoms. The van der Waals surface area contributed by atoms with Crippen LogP contribution in [0.2, 0.25) is 0 Å². The largest absolute Gasteiger partial charge is 0.495 e. The number of anilines is 2. The van der Waals surface area contributed by atoms with Gasteiger partial charge >= 0.3 is 0 Å². The number of benzene rings is 2. The van der Waals surface area contributed by atoms with Gasteiger partial charge in [0.2, 0.25) is 11.8 Å². The molecule has 0 bridgehead atoms. The van der Waals surface area contributed by atoms with Crippen LogP contribution in [0.15, 0.2) is 42.5 Å². The third-order valence-electron chi connectivity index (χ3n) is 4.09. The van der Waals surface area contributed by atoms with E-state index in [9.17, 15) is 9.59 Å². The Kier molecular flexibility index (Phi) is 7.44. The van der Waals surface area contributed by atoms with Crippen molar-refractivity contribution >= 4 is 23.2 Å². The topological polar surface area (TPSA) is 67.9 Å². The van der Waals surface area contributed by atoms with E-state index < -0.39 is 0 Å². The van der Waals surface area contributed by atoms with Crippen LogP contribution in [0.25, 0.3) is 0 Å². The molecule has 0 saturated carbocycles. The Morgan fingerprint density at radius 2 is 1.79 bits per heavy atom. The predicted octanol–water partition coefficient (Wildman–Crippen LogP) is 4.17. The van der Waals surface area contributed by atoms with E-state index >= 15 is 0 Å². The molecule has 0 aliphatic heterocycles. The maximum Gasteiger partial charge on any atom is 0.226 e. The molecule has 6 heteroatoms. The van der Waals surface area contributed by atoms with Crippen LogP contribution >= 0.6 is 0 Å². The van der Waals surface area contributed by atoms with Crippen molar-refractivity contribution < 1.29 is 19.1 Å². The Labute approximate surface area is 166 Å². The van der Waals surface area contributed by atoms with E-state index in [1.165, 1.54) is 6.92 Å². The molecule has 2 rings (SSSR count). The first-order chi connectivity index (χ1) is 13.3. The third kappa shape index (κ3) is 6.01. The normalized spacial score (nSPS) is 10.5. The molecule has 0 fully saturated rings. The summed E-state index contributed by atoms with van der Waals surface area (Å²) in [6.07, 6.45) is 0.248. The van der Waals surface area contributed by atoms with Crippen molar-refractivity contribution in [3.63, 3.8) is 0 Å². The van der Waals surface area contributed by atoms with E-state index in [0.29, 0.717) is 11.4 Å². The number of ether oxygens (including phenoxy) is 2. The number of hydrogen-bond donors (Lipinski definition) is 1. The molecule has 0 saturated heterocycles. The zero-order chi connectivity index (χ0) is 20.7. The molecule has 0 radical (unpaired) electrons. The number of hydrogen-bond acceptors (Lipinski definition) is 4. The number of nitrogens with one attached hydrogen (secondary N) is 1. The molecule has 150 valence electrons. The molecule has 2 aromatic rings. The third-order valence-corrected chi connectivity index (χ3v) is 4.09. The Morgan fingerprint density at radius 1 is 1.11 bits per heavy atom. The Balaban J connectivity index is 2.02. The van der Waals surface area contributed by atoms with E-state index in [1.807, 2.05) is 63.2 Å². The Hall–Kier alpha value is -3.02. The number of amides is 2. The summed E-state index contributed by atoms with van der Waals surface area (Å²) >= 11 is 0. The first kappa shape index (κ1) is 21.3. The number of nitrogens with zero attached hydrogens (tertiary/aromatic N) is 1. The molecule has 2 aromatic carbocycles. The summed E-state index contributed by atoms with van der Waals surface area (Å²) in [4.78, 5) is 26.0. The van der Waals surface area contributed by atoms with Crippen molar-refractivity contribution in [2.45, 2.75) is 40.2 Å². The molecule has 2 amide bonds. The highest BCUT2D eigenvalue weighted by molar-refractivity contribution is 5.95. The van der Waals surface area contributed by atoms with Gasteiger partial charge in [-0.15, -0.1) is 0 Å². The van der Waals surface area contributed by atoms with Crippen molar-refractivity contribution in [1.82, 2.24) is 0 Å². The number of aryl methyl sites for hydroxylation is 1. The van der Waals surface area contributed by atoms with Gasteiger partial charge in [0.05, 0.1) is 18.9 Å². The quantitative estimate of drug-likeness (QED) is 0.742. The van der Waals surface area contributed by atoms with Crippen molar-refractivity contribution in [3.8, 4) is 11.5 Å². The minimum absolute atomic E-state index is 0.0806. The number of carbonyl (C=O) groups excluding carboxylic acids is 2. The summed E-state index contributed by atoms with van der Waals surface area (Å²) < 4.78 is 10.9. The molecule has 0 aromatic heterocycles. The summed E-state index contributed by atoms with van der Waals surface area (Å²) in [5.74, 6) is 1.03. The van der Waals surface area contributed by atoms with Crippen LogP contribution in [0.5, 0.6) is 11.5 Å². The van der Waals surface area contributed by atoms with Gasteiger partial charge < -0.3 is 19.7 Å². The molecular weight excluding hydrogens is 356 g/mol. The molecule has 0 aliphatic rings. The lowest BCUT2D eigenvalue weighted by Crippen LogP contribution is -2.32. The van der Waals surface area contributed by atoms with Crippen LogP contribution < -0.4 is 19.7 Å². The SMILES string of the molecule is COc1ccc(C)cc1NC(=O)CCN(C(C)=O)c1ccc(OC(C)C)cc1. The molecular formula is C22H28N2O4. The fraction of sp³-hybridized carbons (Fsp3) is 0.364. The number of methoxy groups -OCH3 is 1. The van der Waals surface area contributed by atoms with Gasteiger partial charge in [0, 0.05) is 25.6 Å². The standard InChI is InChI=1S/C22H28N2O4/c1-15(2)28-19-9-7-18(8-10-19)24(17(4)25)13-12-22(26)23-20-14-16(3)6-11-21(20)27-5/h6-11,14-15H,12-13H2,1-5H3,(H,23,26). The lowest BCUT2D eigenvalue weighted by atomic mass is 10.2. The zero-order valence-electron chi connectivity index (χ0n) is 17.1. The van der Waals surface area contributed by atoms with Crippen molar-refractivity contribution in [2.75, 3.05) is 23.9 Å². The highest BCUT2D eigenvalue weighted by Crippen LogP contribution is 2.25. The fourth-order valence-corrected chi connectivity index (χ4v) is 2.79. The maximum absolute atomic E-state index is 12.4. The zero-order valence-corrected chi connectivity index (χ0v) is 17.1. The van der Waals surface area contributed by atoms with Crippen LogP contribution in [0.1, 0.15) is 32.8 Å². The van der Waals surface area contributed by atoms with Crippen LogP contribution in [0.3, 0.4) is 0 Å². The smallest absolute Gasteiger partial charge is 0.226 e. The highest BCUT2D eigenvalue weighted by atomic mass is 16.5. The maximum atomic E-state index is 12.4. The Bertz CT molecular complexity index is 816. The second-order valence-electron chi connectivity index (χ2n) is 6.83. The van der Waals surface area contributed by atoms with Crippen LogP contribution in [0, 0.1) is 6.92 Å². The lowest BCUT2D eigenvalue weighted by Gasteiger charge is -2.21. The van der Waals surface area contributed by atoms with Gasteiger partial charge in [-0.25, -0.2) is 0 Å². The molecule has 28 heavy (non-hydrogen) atoms. The molecule has 0 atom stereocenters. The minimum atomic E-state index is -0.185. The number of rotatable bonds is 8. The monoisotopic (exact) mass is 384 g/mol. The van der Waals surface area contributed by atoms with E-state index in [1.54, 1.807) is 12.0 Å². The molecule has 0 heterocycles. The first-order valence-corrected chi connectivity index (χ1v) is 9.29. The second-order valence-corrected chi connectivity index (χ2v) is 6.83. The fourth-order valence-electron chi connectivity index (χ4n) is 2.79. The summed E-state index contributed by atoms with van der Waals surface area (Å²) in [6, 6.07) is 12.9. The van der Waals surface area contributed by atoms with Crippen LogP contribution in [-0.4, -0.2) is 31.6 Å². The summed E-state index contributed by atoms with van der Waals surface area (Å²) in [6.45, 7) is 7.62. The average molecular weight is 384 g/mol. The lowest BCUT2D eigenvalue weighted by molar-refractivity contribution is -0.117. The van der Waals surface area contributed by atoms with Gasteiger partial charge in [-0.2, -0.15) is 0 Å². The summed E-state index contributed by atoms with van der Waals surface area (Å²) in [5.41, 5.74) is 2.37. The van der Waals surface area contributed by atoms with Gasteiger partial charge in [0.1, 0.15) is 11.5 Å². The first-order valence-electron chi connectivity index (χ1n) is 9.29. The molecule has 0 unspecified atom stereocenters. The summed E-state index contributed by atoms with van der Waals surface area (Å²) in [7, 11) is 1.56. The van der Waals surface area contributed by atoms with E-state index in [2.05, 4.69) is 5.32 Å². The average Bonchev–Trinajstić information content (AvgIpc) is 2.62. The van der Waals surface area contributed by atoms with Gasteiger partial charge in [-0.3, -0.25) is 9.59 Å². The van der Waals surface area contributed by atoms with Crippen molar-refractivity contribution in [3.05, 3.63) is 48.0 Å².